The number of nitrogens with one attached hydrogen (secondary N) is 1. The third-order valence-electron chi connectivity index (χ3n) is 2.97. The van der Waals surface area contributed by atoms with Crippen molar-refractivity contribution in [3.8, 4) is 0 Å². The fourth-order valence-corrected chi connectivity index (χ4v) is 2.80. The minimum Gasteiger partial charge on any atom is -0.377 e. The third-order valence-corrected chi connectivity index (χ3v) is 4.04. The van der Waals surface area contributed by atoms with E-state index in [1.165, 1.54) is 11.3 Å². The van der Waals surface area contributed by atoms with Gasteiger partial charge in [-0.3, -0.25) is 4.79 Å². The molecule has 1 aromatic carbocycles. The number of thiazole rings is 1. The molecule has 1 aromatic heterocycles. The lowest BCUT2D eigenvalue weighted by Gasteiger charge is -2.06. The van der Waals surface area contributed by atoms with Crippen LogP contribution in [-0.4, -0.2) is 24.0 Å². The summed E-state index contributed by atoms with van der Waals surface area (Å²) >= 11 is 1.43. The van der Waals surface area contributed by atoms with Crippen LogP contribution in [0.1, 0.15) is 32.4 Å². The molecule has 0 spiro atoms. The molecule has 0 bridgehead atoms. The molecule has 0 atom stereocenters. The number of hydrogen-bond donors (Lipinski definition) is 1. The number of carbonyl (C=O) groups excluding carboxylic acids is 1. The molecule has 112 valence electrons. The molecule has 0 fully saturated rings. The van der Waals surface area contributed by atoms with E-state index in [-0.39, 0.29) is 5.91 Å². The Morgan fingerprint density at radius 2 is 2.05 bits per heavy atom. The fraction of sp³-hybridized carbons (Fsp3) is 0.375. The number of rotatable bonds is 7. The van der Waals surface area contributed by atoms with Crippen molar-refractivity contribution in [1.29, 1.82) is 0 Å². The van der Waals surface area contributed by atoms with Gasteiger partial charge >= 0.3 is 0 Å². The first-order valence-electron chi connectivity index (χ1n) is 7.00. The van der Waals surface area contributed by atoms with Crippen molar-refractivity contribution < 1.29 is 9.53 Å². The lowest BCUT2D eigenvalue weighted by Crippen LogP contribution is -2.25. The lowest BCUT2D eigenvalue weighted by molar-refractivity contribution is 0.0937. The Bertz CT molecular complexity index is 581. The van der Waals surface area contributed by atoms with E-state index in [9.17, 15) is 4.79 Å². The average Bonchev–Trinajstić information content (AvgIpc) is 2.82. The van der Waals surface area contributed by atoms with Crippen molar-refractivity contribution in [3.63, 3.8) is 0 Å². The van der Waals surface area contributed by atoms with Gasteiger partial charge in [-0.15, -0.1) is 11.3 Å². The molecule has 0 radical (unpaired) electrons. The zero-order valence-electron chi connectivity index (χ0n) is 12.4. The topological polar surface area (TPSA) is 51.2 Å². The van der Waals surface area contributed by atoms with Gasteiger partial charge < -0.3 is 10.1 Å². The monoisotopic (exact) mass is 304 g/mol. The molecule has 4 nitrogen and oxygen atoms in total. The molecule has 2 aromatic rings. The van der Waals surface area contributed by atoms with Gasteiger partial charge in [-0.25, -0.2) is 4.98 Å². The highest BCUT2D eigenvalue weighted by Gasteiger charge is 2.12. The Morgan fingerprint density at radius 3 is 2.71 bits per heavy atom. The molecule has 1 heterocycles. The molecule has 0 aliphatic rings. The number of benzene rings is 1. The maximum atomic E-state index is 12.0. The molecule has 1 amide bonds. The van der Waals surface area contributed by atoms with Crippen molar-refractivity contribution in [3.05, 3.63) is 51.5 Å². The van der Waals surface area contributed by atoms with Gasteiger partial charge in [0.2, 0.25) is 0 Å². The Kier molecular flexibility index (Phi) is 5.90. The number of amides is 1. The van der Waals surface area contributed by atoms with Crippen LogP contribution in [-0.2, 0) is 11.3 Å². The molecular formula is C16H20N2O2S. The van der Waals surface area contributed by atoms with Gasteiger partial charge in [0.05, 0.1) is 17.3 Å². The summed E-state index contributed by atoms with van der Waals surface area (Å²) in [6, 6.07) is 10.1. The first-order valence-corrected chi connectivity index (χ1v) is 7.82. The van der Waals surface area contributed by atoms with E-state index in [0.717, 1.165) is 22.7 Å². The molecule has 0 unspecified atom stereocenters. The van der Waals surface area contributed by atoms with E-state index in [2.05, 4.69) is 10.3 Å². The molecule has 0 aliphatic heterocycles. The Labute approximate surface area is 129 Å². The number of hydrogen-bond acceptors (Lipinski definition) is 4. The van der Waals surface area contributed by atoms with Crippen LogP contribution in [0.3, 0.4) is 0 Å². The maximum Gasteiger partial charge on any atom is 0.263 e. The molecule has 0 saturated carbocycles. The molecule has 21 heavy (non-hydrogen) atoms. The number of aromatic nitrogens is 1. The van der Waals surface area contributed by atoms with Crippen molar-refractivity contribution >= 4 is 17.2 Å². The molecular weight excluding hydrogens is 284 g/mol. The molecule has 1 N–H and O–H groups in total. The van der Waals surface area contributed by atoms with Gasteiger partial charge in [-0.1, -0.05) is 30.3 Å². The first kappa shape index (κ1) is 15.7. The van der Waals surface area contributed by atoms with Gasteiger partial charge in [-0.05, 0) is 25.8 Å². The van der Waals surface area contributed by atoms with Crippen LogP contribution in [0.25, 0.3) is 0 Å². The summed E-state index contributed by atoms with van der Waals surface area (Å²) in [4.78, 5) is 16.9. The van der Waals surface area contributed by atoms with Crippen LogP contribution >= 0.6 is 11.3 Å². The van der Waals surface area contributed by atoms with E-state index in [4.69, 9.17) is 4.74 Å². The van der Waals surface area contributed by atoms with Crippen LogP contribution < -0.4 is 5.32 Å². The minimum atomic E-state index is -0.0406. The van der Waals surface area contributed by atoms with E-state index in [1.54, 1.807) is 0 Å². The maximum absolute atomic E-state index is 12.0. The summed E-state index contributed by atoms with van der Waals surface area (Å²) in [6.45, 7) is 5.63. The van der Waals surface area contributed by atoms with E-state index < -0.39 is 0 Å². The van der Waals surface area contributed by atoms with Crippen LogP contribution in [0.4, 0.5) is 0 Å². The van der Waals surface area contributed by atoms with Gasteiger partial charge in [0.1, 0.15) is 4.88 Å². The van der Waals surface area contributed by atoms with E-state index in [1.807, 2.05) is 44.2 Å². The second-order valence-electron chi connectivity index (χ2n) is 4.80. The second kappa shape index (κ2) is 7.90. The summed E-state index contributed by atoms with van der Waals surface area (Å²) in [5.74, 6) is -0.0406. The van der Waals surface area contributed by atoms with E-state index in [0.29, 0.717) is 24.6 Å². The smallest absolute Gasteiger partial charge is 0.263 e. The van der Waals surface area contributed by atoms with Gasteiger partial charge in [0.15, 0.2) is 0 Å². The van der Waals surface area contributed by atoms with Crippen molar-refractivity contribution in [2.24, 2.45) is 0 Å². The SMILES string of the molecule is Cc1nc(C)c(C(=O)NCCCOCc2ccccc2)s1. The predicted molar refractivity (Wildman–Crippen MR) is 84.6 cm³/mol. The number of carbonyl (C=O) groups is 1. The van der Waals surface area contributed by atoms with Crippen LogP contribution in [0.5, 0.6) is 0 Å². The molecule has 0 saturated heterocycles. The quantitative estimate of drug-likeness (QED) is 0.800. The summed E-state index contributed by atoms with van der Waals surface area (Å²) < 4.78 is 5.57. The number of aryl methyl sites for hydroxylation is 2. The average molecular weight is 304 g/mol. The van der Waals surface area contributed by atoms with Crippen molar-refractivity contribution in [2.75, 3.05) is 13.2 Å². The zero-order chi connectivity index (χ0) is 15.1. The highest BCUT2D eigenvalue weighted by Crippen LogP contribution is 2.16. The van der Waals surface area contributed by atoms with Crippen LogP contribution in [0, 0.1) is 13.8 Å². The highest BCUT2D eigenvalue weighted by molar-refractivity contribution is 7.13. The summed E-state index contributed by atoms with van der Waals surface area (Å²) in [5.41, 5.74) is 1.97. The number of ether oxygens (including phenoxy) is 1. The largest absolute Gasteiger partial charge is 0.377 e. The van der Waals surface area contributed by atoms with Gasteiger partial charge in [0.25, 0.3) is 5.91 Å². The Hall–Kier alpha value is -1.72. The Balaban J connectivity index is 1.62. The van der Waals surface area contributed by atoms with Crippen LogP contribution in [0.2, 0.25) is 0 Å². The van der Waals surface area contributed by atoms with E-state index >= 15 is 0 Å². The first-order chi connectivity index (χ1) is 10.2. The fourth-order valence-electron chi connectivity index (χ4n) is 1.96. The summed E-state index contributed by atoms with van der Waals surface area (Å²) in [7, 11) is 0. The normalized spacial score (nSPS) is 10.6. The zero-order valence-corrected chi connectivity index (χ0v) is 13.2. The molecule has 5 heteroatoms. The third kappa shape index (κ3) is 4.95. The highest BCUT2D eigenvalue weighted by atomic mass is 32.1. The Morgan fingerprint density at radius 1 is 1.29 bits per heavy atom. The standard InChI is InChI=1S/C16H20N2O2S/c1-12-15(21-13(2)18-12)16(19)17-9-6-10-20-11-14-7-4-3-5-8-14/h3-5,7-8H,6,9-11H2,1-2H3,(H,17,19). The number of nitrogens with zero attached hydrogens (tertiary/aromatic N) is 1. The van der Waals surface area contributed by atoms with Crippen molar-refractivity contribution in [1.82, 2.24) is 10.3 Å². The second-order valence-corrected chi connectivity index (χ2v) is 6.00. The molecule has 0 aliphatic carbocycles. The predicted octanol–water partition coefficient (Wildman–Crippen LogP) is 3.10. The molecule has 2 rings (SSSR count). The summed E-state index contributed by atoms with van der Waals surface area (Å²) in [6.07, 6.45) is 0.801. The van der Waals surface area contributed by atoms with Gasteiger partial charge in [0, 0.05) is 13.2 Å². The lowest BCUT2D eigenvalue weighted by atomic mass is 10.2. The van der Waals surface area contributed by atoms with Crippen LogP contribution in [0.15, 0.2) is 30.3 Å². The summed E-state index contributed by atoms with van der Waals surface area (Å²) in [5, 5.41) is 3.82. The van der Waals surface area contributed by atoms with Gasteiger partial charge in [-0.2, -0.15) is 0 Å². The van der Waals surface area contributed by atoms with Crippen molar-refractivity contribution in [2.45, 2.75) is 26.9 Å². The minimum absolute atomic E-state index is 0.0406.